The molecule has 0 aliphatic rings. The number of nitrogens with zero attached hydrogens (tertiary/aromatic N) is 1. The summed E-state index contributed by atoms with van der Waals surface area (Å²) in [5.41, 5.74) is 2.79. The number of aromatic nitrogens is 1. The quantitative estimate of drug-likeness (QED) is 0.757. The maximum Gasteiger partial charge on any atom is 0.335 e. The Morgan fingerprint density at radius 3 is 2.75 bits per heavy atom. The minimum atomic E-state index is -0.937. The average molecular weight is 264 g/mol. The molecule has 1 heterocycles. The molecule has 2 aromatic carbocycles. The van der Waals surface area contributed by atoms with Crippen molar-refractivity contribution >= 4 is 28.2 Å². The first kappa shape index (κ1) is 12.2. The standard InChI is InChI=1S/C16H12N2O2/c19-16(20)11-4-1-5-12(10-11)18-15-8-2-7-14-13(15)6-3-9-17-14/h1-10,18H,(H,19,20). The predicted octanol–water partition coefficient (Wildman–Crippen LogP) is 3.68. The van der Waals surface area contributed by atoms with Gasteiger partial charge in [0.15, 0.2) is 0 Å². The van der Waals surface area contributed by atoms with Crippen LogP contribution in [0.4, 0.5) is 11.4 Å². The number of pyridine rings is 1. The lowest BCUT2D eigenvalue weighted by Crippen LogP contribution is -1.98. The van der Waals surface area contributed by atoms with Crippen LogP contribution in [-0.4, -0.2) is 16.1 Å². The molecule has 0 saturated heterocycles. The monoisotopic (exact) mass is 264 g/mol. The van der Waals surface area contributed by atoms with E-state index in [1.54, 1.807) is 24.4 Å². The molecule has 0 radical (unpaired) electrons. The first-order valence-corrected chi connectivity index (χ1v) is 6.18. The Morgan fingerprint density at radius 1 is 1.05 bits per heavy atom. The van der Waals surface area contributed by atoms with Gasteiger partial charge < -0.3 is 10.4 Å². The van der Waals surface area contributed by atoms with Crippen molar-refractivity contribution in [3.8, 4) is 0 Å². The summed E-state index contributed by atoms with van der Waals surface area (Å²) in [5, 5.41) is 13.2. The topological polar surface area (TPSA) is 62.2 Å². The van der Waals surface area contributed by atoms with Crippen molar-refractivity contribution in [2.75, 3.05) is 5.32 Å². The van der Waals surface area contributed by atoms with Crippen molar-refractivity contribution in [1.82, 2.24) is 4.98 Å². The number of carboxylic acids is 1. The summed E-state index contributed by atoms with van der Waals surface area (Å²) >= 11 is 0. The molecule has 3 aromatic rings. The number of hydrogen-bond acceptors (Lipinski definition) is 3. The fourth-order valence-corrected chi connectivity index (χ4v) is 2.10. The van der Waals surface area contributed by atoms with Crippen LogP contribution in [0.3, 0.4) is 0 Å². The van der Waals surface area contributed by atoms with Crippen LogP contribution in [0.2, 0.25) is 0 Å². The third-order valence-electron chi connectivity index (χ3n) is 3.03. The molecule has 0 fully saturated rings. The highest BCUT2D eigenvalue weighted by Gasteiger charge is 2.05. The third kappa shape index (κ3) is 2.31. The molecule has 0 saturated carbocycles. The lowest BCUT2D eigenvalue weighted by Gasteiger charge is -2.09. The first-order chi connectivity index (χ1) is 9.74. The van der Waals surface area contributed by atoms with Crippen LogP contribution in [0, 0.1) is 0 Å². The zero-order valence-electron chi connectivity index (χ0n) is 10.6. The van der Waals surface area contributed by atoms with Gasteiger partial charge in [0.2, 0.25) is 0 Å². The van der Waals surface area contributed by atoms with Crippen LogP contribution in [0.25, 0.3) is 10.9 Å². The van der Waals surface area contributed by atoms with Crippen molar-refractivity contribution in [3.05, 3.63) is 66.4 Å². The van der Waals surface area contributed by atoms with Gasteiger partial charge in [-0.1, -0.05) is 12.1 Å². The molecule has 4 nitrogen and oxygen atoms in total. The molecule has 0 aliphatic heterocycles. The molecule has 20 heavy (non-hydrogen) atoms. The molecular weight excluding hydrogens is 252 g/mol. The molecule has 0 aliphatic carbocycles. The lowest BCUT2D eigenvalue weighted by molar-refractivity contribution is 0.0697. The lowest BCUT2D eigenvalue weighted by atomic mass is 10.1. The second-order valence-electron chi connectivity index (χ2n) is 4.39. The van der Waals surface area contributed by atoms with Crippen molar-refractivity contribution in [3.63, 3.8) is 0 Å². The molecule has 3 rings (SSSR count). The SMILES string of the molecule is O=C(O)c1cccc(Nc2cccc3ncccc23)c1. The molecule has 4 heteroatoms. The summed E-state index contributed by atoms with van der Waals surface area (Å²) < 4.78 is 0. The van der Waals surface area contributed by atoms with Gasteiger partial charge in [-0.25, -0.2) is 4.79 Å². The third-order valence-corrected chi connectivity index (χ3v) is 3.03. The molecule has 0 amide bonds. The van der Waals surface area contributed by atoms with Crippen LogP contribution >= 0.6 is 0 Å². The van der Waals surface area contributed by atoms with Crippen molar-refractivity contribution in [2.24, 2.45) is 0 Å². The van der Waals surface area contributed by atoms with Gasteiger partial charge >= 0.3 is 5.97 Å². The highest BCUT2D eigenvalue weighted by atomic mass is 16.4. The van der Waals surface area contributed by atoms with Crippen LogP contribution < -0.4 is 5.32 Å². The number of carbonyl (C=O) groups is 1. The van der Waals surface area contributed by atoms with E-state index >= 15 is 0 Å². The molecule has 1 aromatic heterocycles. The Morgan fingerprint density at radius 2 is 1.90 bits per heavy atom. The van der Waals surface area contributed by atoms with Gasteiger partial charge in [-0.15, -0.1) is 0 Å². The van der Waals surface area contributed by atoms with Crippen LogP contribution in [0.15, 0.2) is 60.8 Å². The number of benzene rings is 2. The van der Waals surface area contributed by atoms with E-state index in [1.165, 1.54) is 0 Å². The van der Waals surface area contributed by atoms with Gasteiger partial charge in [-0.3, -0.25) is 4.98 Å². The van der Waals surface area contributed by atoms with Crippen molar-refractivity contribution < 1.29 is 9.90 Å². The smallest absolute Gasteiger partial charge is 0.335 e. The first-order valence-electron chi connectivity index (χ1n) is 6.18. The summed E-state index contributed by atoms with van der Waals surface area (Å²) in [6.07, 6.45) is 1.75. The van der Waals surface area contributed by atoms with Crippen LogP contribution in [0.5, 0.6) is 0 Å². The Hall–Kier alpha value is -2.88. The maximum atomic E-state index is 11.0. The molecular formula is C16H12N2O2. The molecule has 0 spiro atoms. The molecule has 0 bridgehead atoms. The number of hydrogen-bond donors (Lipinski definition) is 2. The summed E-state index contributed by atoms with van der Waals surface area (Å²) in [6, 6.07) is 16.4. The van der Waals surface area contributed by atoms with Gasteiger partial charge in [-0.2, -0.15) is 0 Å². The number of aromatic carboxylic acids is 1. The van der Waals surface area contributed by atoms with Crippen LogP contribution in [-0.2, 0) is 0 Å². The summed E-state index contributed by atoms with van der Waals surface area (Å²) in [4.78, 5) is 15.3. The average Bonchev–Trinajstić information content (AvgIpc) is 2.48. The molecule has 2 N–H and O–H groups in total. The number of nitrogens with one attached hydrogen (secondary N) is 1. The molecule has 0 atom stereocenters. The predicted molar refractivity (Wildman–Crippen MR) is 78.4 cm³/mol. The Bertz CT molecular complexity index is 779. The van der Waals surface area contributed by atoms with E-state index in [1.807, 2.05) is 36.4 Å². The van der Waals surface area contributed by atoms with Crippen molar-refractivity contribution in [1.29, 1.82) is 0 Å². The highest BCUT2D eigenvalue weighted by Crippen LogP contribution is 2.25. The number of carboxylic acid groups (broad SMARTS) is 1. The Labute approximate surface area is 115 Å². The van der Waals surface area contributed by atoms with Crippen molar-refractivity contribution in [2.45, 2.75) is 0 Å². The summed E-state index contributed by atoms with van der Waals surface area (Å²) in [5.74, 6) is -0.937. The van der Waals surface area contributed by atoms with Gasteiger partial charge in [-0.05, 0) is 42.5 Å². The summed E-state index contributed by atoms with van der Waals surface area (Å²) in [6.45, 7) is 0. The normalized spacial score (nSPS) is 10.4. The van der Waals surface area contributed by atoms with E-state index in [2.05, 4.69) is 10.3 Å². The zero-order valence-corrected chi connectivity index (χ0v) is 10.6. The summed E-state index contributed by atoms with van der Waals surface area (Å²) in [7, 11) is 0. The van der Waals surface area contributed by atoms with Gasteiger partial charge in [0, 0.05) is 23.0 Å². The maximum absolute atomic E-state index is 11.0. The second-order valence-corrected chi connectivity index (χ2v) is 4.39. The minimum Gasteiger partial charge on any atom is -0.478 e. The Balaban J connectivity index is 2.01. The molecule has 98 valence electrons. The van der Waals surface area contributed by atoms with Crippen LogP contribution in [0.1, 0.15) is 10.4 Å². The van der Waals surface area contributed by atoms with Gasteiger partial charge in [0.05, 0.1) is 11.1 Å². The number of rotatable bonds is 3. The van der Waals surface area contributed by atoms with E-state index in [9.17, 15) is 4.79 Å². The van der Waals surface area contributed by atoms with Gasteiger partial charge in [0.1, 0.15) is 0 Å². The largest absolute Gasteiger partial charge is 0.478 e. The number of anilines is 2. The van der Waals surface area contributed by atoms with E-state index < -0.39 is 5.97 Å². The fourth-order valence-electron chi connectivity index (χ4n) is 2.10. The highest BCUT2D eigenvalue weighted by molar-refractivity contribution is 5.94. The zero-order chi connectivity index (χ0) is 13.9. The number of fused-ring (bicyclic) bond motifs is 1. The molecule has 0 unspecified atom stereocenters. The minimum absolute atomic E-state index is 0.258. The van der Waals surface area contributed by atoms with E-state index in [0.717, 1.165) is 22.3 Å². The van der Waals surface area contributed by atoms with E-state index in [-0.39, 0.29) is 5.56 Å². The van der Waals surface area contributed by atoms with E-state index in [4.69, 9.17) is 5.11 Å². The fraction of sp³-hybridized carbons (Fsp3) is 0. The Kier molecular flexibility index (Phi) is 3.05. The van der Waals surface area contributed by atoms with E-state index in [0.29, 0.717) is 0 Å². The second kappa shape index (κ2) is 5.01. The van der Waals surface area contributed by atoms with Gasteiger partial charge in [0.25, 0.3) is 0 Å².